The zero-order valence-electron chi connectivity index (χ0n) is 11.6. The second-order valence-corrected chi connectivity index (χ2v) is 5.65. The summed E-state index contributed by atoms with van der Waals surface area (Å²) in [5, 5.41) is 0.789. The van der Waals surface area contributed by atoms with Gasteiger partial charge in [-0.3, -0.25) is 4.79 Å². The number of carbonyl (C=O) groups excluding carboxylic acids is 1. The van der Waals surface area contributed by atoms with E-state index in [-0.39, 0.29) is 5.82 Å². The summed E-state index contributed by atoms with van der Waals surface area (Å²) in [5.74, 6) is -0.427. The van der Waals surface area contributed by atoms with Gasteiger partial charge in [-0.25, -0.2) is 4.39 Å². The monoisotopic (exact) mass is 362 g/mol. The fraction of sp³-hybridized carbons (Fsp3) is 0.0625. The predicted molar refractivity (Wildman–Crippen MR) is 86.5 cm³/mol. The number of hydrogen-bond donors (Lipinski definition) is 2. The molecule has 112 valence electrons. The number of primary amides is 1. The van der Waals surface area contributed by atoms with Crippen LogP contribution >= 0.6 is 15.9 Å². The number of H-pyrrole nitrogens is 1. The first kappa shape index (κ1) is 14.6. The maximum Gasteiger partial charge on any atom is 0.250 e. The molecule has 22 heavy (non-hydrogen) atoms. The van der Waals surface area contributed by atoms with Gasteiger partial charge in [-0.1, -0.05) is 0 Å². The van der Waals surface area contributed by atoms with Crippen LogP contribution in [0.2, 0.25) is 0 Å². The van der Waals surface area contributed by atoms with Gasteiger partial charge in [-0.05, 0) is 51.8 Å². The molecule has 1 heterocycles. The number of nitrogens with two attached hydrogens (primary N) is 1. The number of rotatable bonds is 3. The van der Waals surface area contributed by atoms with E-state index in [9.17, 15) is 9.18 Å². The highest BCUT2D eigenvalue weighted by Crippen LogP contribution is 2.36. The zero-order chi connectivity index (χ0) is 15.9. The van der Waals surface area contributed by atoms with Crippen LogP contribution in [0.5, 0.6) is 5.75 Å². The lowest BCUT2D eigenvalue weighted by molar-refractivity contribution is 0.100. The Morgan fingerprint density at radius 1 is 1.32 bits per heavy atom. The molecule has 1 aromatic heterocycles. The normalized spacial score (nSPS) is 10.9. The van der Waals surface area contributed by atoms with Gasteiger partial charge < -0.3 is 15.5 Å². The van der Waals surface area contributed by atoms with E-state index in [1.165, 1.54) is 19.2 Å². The third kappa shape index (κ3) is 2.35. The molecular formula is C16H12BrFN2O2. The Morgan fingerprint density at radius 2 is 2.09 bits per heavy atom. The lowest BCUT2D eigenvalue weighted by Crippen LogP contribution is -2.11. The van der Waals surface area contributed by atoms with E-state index < -0.39 is 5.91 Å². The van der Waals surface area contributed by atoms with Gasteiger partial charge >= 0.3 is 0 Å². The first-order valence-electron chi connectivity index (χ1n) is 6.45. The quantitative estimate of drug-likeness (QED) is 0.742. The molecule has 0 aliphatic rings. The van der Waals surface area contributed by atoms with E-state index in [1.807, 2.05) is 6.07 Å². The third-order valence-corrected chi connectivity index (χ3v) is 4.13. The van der Waals surface area contributed by atoms with E-state index in [4.69, 9.17) is 10.5 Å². The molecular weight excluding hydrogens is 351 g/mol. The van der Waals surface area contributed by atoms with Crippen LogP contribution in [-0.4, -0.2) is 18.0 Å². The molecule has 0 aliphatic carbocycles. The summed E-state index contributed by atoms with van der Waals surface area (Å²) >= 11 is 3.42. The van der Waals surface area contributed by atoms with Crippen molar-refractivity contribution in [3.63, 3.8) is 0 Å². The van der Waals surface area contributed by atoms with Gasteiger partial charge in [0.2, 0.25) is 0 Å². The molecule has 4 nitrogen and oxygen atoms in total. The minimum absolute atomic E-state index is 0.338. The molecule has 0 saturated carbocycles. The van der Waals surface area contributed by atoms with Crippen LogP contribution in [0, 0.1) is 5.82 Å². The average molecular weight is 363 g/mol. The number of carbonyl (C=O) groups is 1. The molecule has 0 bridgehead atoms. The Morgan fingerprint density at radius 3 is 2.77 bits per heavy atom. The number of fused-ring (bicyclic) bond motifs is 1. The smallest absolute Gasteiger partial charge is 0.250 e. The molecule has 0 spiro atoms. The molecule has 1 amide bonds. The fourth-order valence-electron chi connectivity index (χ4n) is 2.45. The molecule has 3 N–H and O–H groups in total. The van der Waals surface area contributed by atoms with Gasteiger partial charge in [0.15, 0.2) is 0 Å². The largest absolute Gasteiger partial charge is 0.496 e. The van der Waals surface area contributed by atoms with Crippen molar-refractivity contribution >= 4 is 32.7 Å². The lowest BCUT2D eigenvalue weighted by atomic mass is 9.99. The number of benzene rings is 2. The average Bonchev–Trinajstić information content (AvgIpc) is 2.87. The maximum absolute atomic E-state index is 13.6. The zero-order valence-corrected chi connectivity index (χ0v) is 13.2. The van der Waals surface area contributed by atoms with Crippen LogP contribution in [0.1, 0.15) is 10.4 Å². The predicted octanol–water partition coefficient (Wildman–Crippen LogP) is 3.84. The first-order chi connectivity index (χ1) is 10.5. The standard InChI is InChI=1S/C16H12BrFN2O2/c1-22-14-3-2-9(18)6-10(14)8-4-11-13(17)7-20-15(11)12(5-8)16(19)21/h2-7,20H,1H3,(H2,19,21). The number of hydrogen-bond acceptors (Lipinski definition) is 2. The summed E-state index contributed by atoms with van der Waals surface area (Å²) < 4.78 is 19.7. The van der Waals surface area contributed by atoms with E-state index in [1.54, 1.807) is 18.3 Å². The maximum atomic E-state index is 13.6. The van der Waals surface area contributed by atoms with Crippen molar-refractivity contribution in [2.75, 3.05) is 7.11 Å². The molecule has 6 heteroatoms. The minimum atomic E-state index is -0.559. The van der Waals surface area contributed by atoms with Crippen LogP contribution in [-0.2, 0) is 0 Å². The van der Waals surface area contributed by atoms with Crippen LogP contribution in [0.15, 0.2) is 41.0 Å². The second kappa shape index (κ2) is 5.46. The highest BCUT2D eigenvalue weighted by atomic mass is 79.9. The molecule has 0 saturated heterocycles. The van der Waals surface area contributed by atoms with Crippen molar-refractivity contribution < 1.29 is 13.9 Å². The van der Waals surface area contributed by atoms with Crippen molar-refractivity contribution in [3.8, 4) is 16.9 Å². The molecule has 0 unspecified atom stereocenters. The van der Waals surface area contributed by atoms with Gasteiger partial charge in [0, 0.05) is 21.6 Å². The second-order valence-electron chi connectivity index (χ2n) is 4.79. The first-order valence-corrected chi connectivity index (χ1v) is 7.25. The summed E-state index contributed by atoms with van der Waals surface area (Å²) in [5.41, 5.74) is 7.64. The van der Waals surface area contributed by atoms with Crippen LogP contribution < -0.4 is 10.5 Å². The van der Waals surface area contributed by atoms with Crippen LogP contribution in [0.4, 0.5) is 4.39 Å². The molecule has 0 radical (unpaired) electrons. The third-order valence-electron chi connectivity index (χ3n) is 3.48. The number of methoxy groups -OCH3 is 1. The Kier molecular flexibility index (Phi) is 3.62. The molecule has 3 aromatic rings. The van der Waals surface area contributed by atoms with E-state index in [2.05, 4.69) is 20.9 Å². The van der Waals surface area contributed by atoms with Crippen molar-refractivity contribution in [3.05, 3.63) is 52.4 Å². The molecule has 3 rings (SSSR count). The van der Waals surface area contributed by atoms with Crippen molar-refractivity contribution in [1.82, 2.24) is 4.98 Å². The van der Waals surface area contributed by atoms with Gasteiger partial charge in [0.25, 0.3) is 5.91 Å². The summed E-state index contributed by atoms with van der Waals surface area (Å²) in [7, 11) is 1.51. The molecule has 0 atom stereocenters. The highest BCUT2D eigenvalue weighted by Gasteiger charge is 2.16. The van der Waals surface area contributed by atoms with Crippen molar-refractivity contribution in [1.29, 1.82) is 0 Å². The Labute approximate surface area is 134 Å². The molecule has 0 aliphatic heterocycles. The van der Waals surface area contributed by atoms with Crippen LogP contribution in [0.3, 0.4) is 0 Å². The molecule has 0 fully saturated rings. The highest BCUT2D eigenvalue weighted by molar-refractivity contribution is 9.10. The van der Waals surface area contributed by atoms with Gasteiger partial charge in [-0.15, -0.1) is 0 Å². The summed E-state index contributed by atoms with van der Waals surface area (Å²) in [4.78, 5) is 14.7. The number of halogens is 2. The number of amides is 1. The van der Waals surface area contributed by atoms with Crippen molar-refractivity contribution in [2.24, 2.45) is 5.73 Å². The summed E-state index contributed by atoms with van der Waals surface area (Å²) in [6.45, 7) is 0. The van der Waals surface area contributed by atoms with Crippen molar-refractivity contribution in [2.45, 2.75) is 0 Å². The Balaban J connectivity index is 2.34. The minimum Gasteiger partial charge on any atom is -0.496 e. The number of aromatic amines is 1. The number of nitrogens with one attached hydrogen (secondary N) is 1. The SMILES string of the molecule is COc1ccc(F)cc1-c1cc(C(N)=O)c2[nH]cc(Br)c2c1. The van der Waals surface area contributed by atoms with Crippen LogP contribution in [0.25, 0.3) is 22.0 Å². The summed E-state index contributed by atoms with van der Waals surface area (Å²) in [6, 6.07) is 7.71. The number of aromatic nitrogens is 1. The summed E-state index contributed by atoms with van der Waals surface area (Å²) in [6.07, 6.45) is 1.73. The lowest BCUT2D eigenvalue weighted by Gasteiger charge is -2.11. The van der Waals surface area contributed by atoms with E-state index in [0.717, 1.165) is 9.86 Å². The Hall–Kier alpha value is -2.34. The topological polar surface area (TPSA) is 68.1 Å². The van der Waals surface area contributed by atoms with Gasteiger partial charge in [0.1, 0.15) is 11.6 Å². The van der Waals surface area contributed by atoms with Gasteiger partial charge in [-0.2, -0.15) is 0 Å². The Bertz CT molecular complexity index is 889. The van der Waals surface area contributed by atoms with Gasteiger partial charge in [0.05, 0.1) is 18.2 Å². The number of ether oxygens (including phenoxy) is 1. The molecule has 2 aromatic carbocycles. The van der Waals surface area contributed by atoms with E-state index >= 15 is 0 Å². The fourth-order valence-corrected chi connectivity index (χ4v) is 2.88. The van der Waals surface area contributed by atoms with E-state index in [0.29, 0.717) is 28.0 Å².